The van der Waals surface area contributed by atoms with Gasteiger partial charge in [0, 0.05) is 29.3 Å². The highest BCUT2D eigenvalue weighted by atomic mass is 32.2. The summed E-state index contributed by atoms with van der Waals surface area (Å²) in [5.41, 5.74) is 4.43. The number of nitriles is 1. The van der Waals surface area contributed by atoms with E-state index in [9.17, 15) is 8.42 Å². The number of nitrogens with zero attached hydrogens (tertiary/aromatic N) is 3. The highest BCUT2D eigenvalue weighted by Crippen LogP contribution is 2.28. The minimum Gasteiger partial charge on any atom is -0.325 e. The number of pyridine rings is 1. The van der Waals surface area contributed by atoms with Crippen LogP contribution < -0.4 is 15.4 Å². The minimum atomic E-state index is -3.82. The average Bonchev–Trinajstić information content (AvgIpc) is 2.90. The van der Waals surface area contributed by atoms with Gasteiger partial charge in [0.1, 0.15) is 0 Å². The second-order valence-corrected chi connectivity index (χ2v) is 9.53. The second-order valence-electron chi connectivity index (χ2n) is 7.88. The Labute approximate surface area is 210 Å². The van der Waals surface area contributed by atoms with Crippen LogP contribution in [-0.2, 0) is 16.6 Å². The van der Waals surface area contributed by atoms with E-state index in [1.165, 1.54) is 0 Å². The molecule has 1 heterocycles. The topological polar surface area (TPSA) is 119 Å². The van der Waals surface area contributed by atoms with Crippen molar-refractivity contribution >= 4 is 27.4 Å². The number of aliphatic imine (C=N–C) groups is 1. The third kappa shape index (κ3) is 6.05. The van der Waals surface area contributed by atoms with Crippen molar-refractivity contribution in [2.75, 3.05) is 10.0 Å². The summed E-state index contributed by atoms with van der Waals surface area (Å²) < 4.78 is 29.0. The molecule has 0 radical (unpaired) electrons. The molecule has 0 spiro atoms. The molecule has 0 saturated carbocycles. The molecule has 0 saturated heterocycles. The number of anilines is 2. The molecule has 0 aliphatic carbocycles. The molecule has 4 rings (SSSR count). The van der Waals surface area contributed by atoms with Crippen LogP contribution in [0.4, 0.5) is 11.4 Å². The fourth-order valence-electron chi connectivity index (χ4n) is 3.52. The van der Waals surface area contributed by atoms with Gasteiger partial charge in [-0.05, 0) is 47.9 Å². The maximum absolute atomic E-state index is 13.2. The Bertz CT molecular complexity index is 1510. The van der Waals surface area contributed by atoms with E-state index < -0.39 is 10.0 Å². The SMILES string of the molecule is Cc1cnccc1NC(=NCc1ccc(NS(=O)(=O)c2ccccc2-c2ccccc2)cc1)NC#N. The molecule has 0 atom stereocenters. The summed E-state index contributed by atoms with van der Waals surface area (Å²) in [6, 6.07) is 25.0. The Morgan fingerprint density at radius 3 is 2.42 bits per heavy atom. The number of rotatable bonds is 7. The van der Waals surface area contributed by atoms with Crippen LogP contribution in [0.5, 0.6) is 0 Å². The Morgan fingerprint density at radius 1 is 0.972 bits per heavy atom. The molecule has 4 aromatic rings. The van der Waals surface area contributed by atoms with E-state index in [-0.39, 0.29) is 11.4 Å². The first kappa shape index (κ1) is 24.4. The smallest absolute Gasteiger partial charge is 0.262 e. The van der Waals surface area contributed by atoms with Crippen LogP contribution in [0.1, 0.15) is 11.1 Å². The Balaban J connectivity index is 1.48. The molecule has 1 aromatic heterocycles. The molecule has 0 amide bonds. The standard InChI is InChI=1S/C27H24N6O2S/c1-20-17-29-16-15-25(20)32-27(31-19-28)30-18-21-11-13-23(14-12-21)33-36(34,35)26-10-6-5-9-24(26)22-7-3-2-4-8-22/h2-17,33H,18H2,1H3,(H2,29,30,31,32). The molecule has 36 heavy (non-hydrogen) atoms. The number of aryl methyl sites for hydroxylation is 1. The zero-order valence-electron chi connectivity index (χ0n) is 19.5. The van der Waals surface area contributed by atoms with Crippen molar-refractivity contribution in [1.82, 2.24) is 10.3 Å². The summed E-state index contributed by atoms with van der Waals surface area (Å²) in [6.45, 7) is 2.18. The van der Waals surface area contributed by atoms with Crippen molar-refractivity contribution in [3.63, 3.8) is 0 Å². The average molecular weight is 497 g/mol. The first-order valence-electron chi connectivity index (χ1n) is 11.1. The van der Waals surface area contributed by atoms with E-state index in [0.717, 1.165) is 22.4 Å². The van der Waals surface area contributed by atoms with Crippen LogP contribution in [0.3, 0.4) is 0 Å². The summed E-state index contributed by atoms with van der Waals surface area (Å²) in [4.78, 5) is 8.68. The number of hydrogen-bond acceptors (Lipinski definition) is 5. The summed E-state index contributed by atoms with van der Waals surface area (Å²) >= 11 is 0. The van der Waals surface area contributed by atoms with Crippen molar-refractivity contribution in [1.29, 1.82) is 5.26 Å². The van der Waals surface area contributed by atoms with Gasteiger partial charge in [-0.3, -0.25) is 15.0 Å². The van der Waals surface area contributed by atoms with Gasteiger partial charge in [0.25, 0.3) is 10.0 Å². The highest BCUT2D eigenvalue weighted by molar-refractivity contribution is 7.92. The maximum atomic E-state index is 13.2. The molecule has 0 fully saturated rings. The number of nitrogens with one attached hydrogen (secondary N) is 3. The Morgan fingerprint density at radius 2 is 1.69 bits per heavy atom. The molecule has 0 bridgehead atoms. The second kappa shape index (κ2) is 11.2. The normalized spacial score (nSPS) is 11.4. The molecule has 3 N–H and O–H groups in total. The Kier molecular flexibility index (Phi) is 7.58. The van der Waals surface area contributed by atoms with Crippen LogP contribution in [0.2, 0.25) is 0 Å². The van der Waals surface area contributed by atoms with Crippen LogP contribution in [0.15, 0.2) is 107 Å². The van der Waals surface area contributed by atoms with Gasteiger partial charge in [0.15, 0.2) is 6.19 Å². The lowest BCUT2D eigenvalue weighted by Crippen LogP contribution is -2.27. The quantitative estimate of drug-likeness (QED) is 0.145. The van der Waals surface area contributed by atoms with Crippen LogP contribution in [0.25, 0.3) is 11.1 Å². The number of aromatic nitrogens is 1. The van der Waals surface area contributed by atoms with Crippen molar-refractivity contribution in [2.45, 2.75) is 18.4 Å². The van der Waals surface area contributed by atoms with E-state index in [4.69, 9.17) is 5.26 Å². The molecule has 0 aliphatic rings. The van der Waals surface area contributed by atoms with Gasteiger partial charge in [0.2, 0.25) is 5.96 Å². The number of sulfonamides is 1. The van der Waals surface area contributed by atoms with Crippen molar-refractivity contribution in [3.05, 3.63) is 108 Å². The third-order valence-electron chi connectivity index (χ3n) is 5.33. The van der Waals surface area contributed by atoms with Gasteiger partial charge in [-0.15, -0.1) is 0 Å². The minimum absolute atomic E-state index is 0.203. The zero-order chi connectivity index (χ0) is 25.4. The molecule has 8 nitrogen and oxygen atoms in total. The lowest BCUT2D eigenvalue weighted by atomic mass is 10.1. The van der Waals surface area contributed by atoms with Crippen molar-refractivity contribution < 1.29 is 8.42 Å². The molecular formula is C27H24N6O2S. The fraction of sp³-hybridized carbons (Fsp3) is 0.0741. The molecule has 0 aliphatic heterocycles. The third-order valence-corrected chi connectivity index (χ3v) is 6.77. The van der Waals surface area contributed by atoms with Gasteiger partial charge in [-0.25, -0.2) is 13.4 Å². The number of benzene rings is 3. The van der Waals surface area contributed by atoms with Gasteiger partial charge < -0.3 is 5.32 Å². The van der Waals surface area contributed by atoms with Crippen LogP contribution in [-0.4, -0.2) is 19.4 Å². The number of guanidine groups is 1. The summed E-state index contributed by atoms with van der Waals surface area (Å²) in [6.07, 6.45) is 5.24. The first-order valence-corrected chi connectivity index (χ1v) is 12.6. The van der Waals surface area contributed by atoms with E-state index in [1.54, 1.807) is 60.9 Å². The van der Waals surface area contributed by atoms with Crippen molar-refractivity contribution in [3.8, 4) is 17.3 Å². The monoisotopic (exact) mass is 496 g/mol. The first-order chi connectivity index (χ1) is 17.5. The van der Waals surface area contributed by atoms with Crippen LogP contribution >= 0.6 is 0 Å². The largest absolute Gasteiger partial charge is 0.325 e. The van der Waals surface area contributed by atoms with Crippen LogP contribution in [0, 0.1) is 18.4 Å². The summed E-state index contributed by atoms with van der Waals surface area (Å²) in [5, 5.41) is 14.7. The summed E-state index contributed by atoms with van der Waals surface area (Å²) in [5.74, 6) is 0.300. The molecule has 9 heteroatoms. The van der Waals surface area contributed by atoms with E-state index in [2.05, 4.69) is 25.3 Å². The molecule has 3 aromatic carbocycles. The lowest BCUT2D eigenvalue weighted by molar-refractivity contribution is 0.601. The van der Waals surface area contributed by atoms with E-state index in [0.29, 0.717) is 17.2 Å². The Hall–Kier alpha value is -4.68. The predicted molar refractivity (Wildman–Crippen MR) is 142 cm³/mol. The summed E-state index contributed by atoms with van der Waals surface area (Å²) in [7, 11) is -3.82. The molecular weight excluding hydrogens is 472 g/mol. The van der Waals surface area contributed by atoms with Gasteiger partial charge in [0.05, 0.1) is 11.4 Å². The van der Waals surface area contributed by atoms with Gasteiger partial charge >= 0.3 is 0 Å². The van der Waals surface area contributed by atoms with E-state index in [1.807, 2.05) is 49.5 Å². The maximum Gasteiger partial charge on any atom is 0.262 e. The number of hydrogen-bond donors (Lipinski definition) is 3. The fourth-order valence-corrected chi connectivity index (χ4v) is 4.81. The van der Waals surface area contributed by atoms with E-state index >= 15 is 0 Å². The molecule has 180 valence electrons. The predicted octanol–water partition coefficient (Wildman–Crippen LogP) is 4.90. The van der Waals surface area contributed by atoms with Gasteiger partial charge in [-0.1, -0.05) is 60.7 Å². The molecule has 0 unspecified atom stereocenters. The lowest BCUT2D eigenvalue weighted by Gasteiger charge is -2.13. The highest BCUT2D eigenvalue weighted by Gasteiger charge is 2.19. The van der Waals surface area contributed by atoms with Gasteiger partial charge in [-0.2, -0.15) is 5.26 Å². The van der Waals surface area contributed by atoms with Crippen molar-refractivity contribution in [2.24, 2.45) is 4.99 Å². The zero-order valence-corrected chi connectivity index (χ0v) is 20.3.